The van der Waals surface area contributed by atoms with Crippen molar-refractivity contribution in [1.82, 2.24) is 0 Å². The first-order valence-corrected chi connectivity index (χ1v) is 13.1. The number of aliphatic hydroxyl groups is 1. The summed E-state index contributed by atoms with van der Waals surface area (Å²) in [6, 6.07) is 0. The van der Waals surface area contributed by atoms with Gasteiger partial charge in [0.15, 0.2) is 0 Å². The van der Waals surface area contributed by atoms with Crippen LogP contribution in [-0.4, -0.2) is 22.3 Å². The van der Waals surface area contributed by atoms with E-state index in [0.29, 0.717) is 6.42 Å². The van der Waals surface area contributed by atoms with Gasteiger partial charge >= 0.3 is 5.97 Å². The number of hydrogen-bond donors (Lipinski definition) is 2. The van der Waals surface area contributed by atoms with Crippen molar-refractivity contribution in [2.75, 3.05) is 0 Å². The molecule has 0 aromatic rings. The topological polar surface area (TPSA) is 57.5 Å². The van der Waals surface area contributed by atoms with E-state index in [9.17, 15) is 9.90 Å². The summed E-state index contributed by atoms with van der Waals surface area (Å²) in [5.74, 6) is -0.668. The Hall–Kier alpha value is -0.570. The zero-order valence-corrected chi connectivity index (χ0v) is 19.6. The van der Waals surface area contributed by atoms with E-state index in [1.54, 1.807) is 0 Å². The molecule has 1 unspecified atom stereocenters. The molecule has 1 atom stereocenters. The maximum Gasteiger partial charge on any atom is 0.303 e. The standard InChI is InChI=1S/C26H52O3/c1-2-3-4-5-6-7-10-13-16-19-22-25(27)23-20-17-14-11-8-9-12-15-18-21-24-26(28)29/h25,27H,2-24H2,1H3,(H,28,29). The molecule has 29 heavy (non-hydrogen) atoms. The van der Waals surface area contributed by atoms with Crippen LogP contribution in [0.1, 0.15) is 155 Å². The zero-order chi connectivity index (χ0) is 21.4. The van der Waals surface area contributed by atoms with E-state index < -0.39 is 5.97 Å². The second kappa shape index (κ2) is 23.7. The summed E-state index contributed by atoms with van der Waals surface area (Å²) in [6.45, 7) is 2.27. The maximum absolute atomic E-state index is 10.4. The lowest BCUT2D eigenvalue weighted by atomic mass is 10.0. The minimum atomic E-state index is -0.668. The summed E-state index contributed by atoms with van der Waals surface area (Å²) in [6.07, 6.45) is 27.8. The van der Waals surface area contributed by atoms with E-state index in [1.165, 1.54) is 116 Å². The second-order valence-corrected chi connectivity index (χ2v) is 9.09. The Kier molecular flexibility index (Phi) is 23.2. The number of aliphatic hydroxyl groups excluding tert-OH is 1. The van der Waals surface area contributed by atoms with Gasteiger partial charge in [0, 0.05) is 6.42 Å². The Balaban J connectivity index is 3.15. The summed E-state index contributed by atoms with van der Waals surface area (Å²) in [4.78, 5) is 10.4. The average molecular weight is 413 g/mol. The second-order valence-electron chi connectivity index (χ2n) is 9.09. The largest absolute Gasteiger partial charge is 0.481 e. The van der Waals surface area contributed by atoms with E-state index in [2.05, 4.69) is 6.92 Å². The van der Waals surface area contributed by atoms with Crippen LogP contribution in [0.15, 0.2) is 0 Å². The fraction of sp³-hybridized carbons (Fsp3) is 0.962. The highest BCUT2D eigenvalue weighted by Crippen LogP contribution is 2.16. The van der Waals surface area contributed by atoms with E-state index in [4.69, 9.17) is 5.11 Å². The van der Waals surface area contributed by atoms with Crippen molar-refractivity contribution in [3.63, 3.8) is 0 Å². The van der Waals surface area contributed by atoms with Crippen LogP contribution in [-0.2, 0) is 4.79 Å². The first-order valence-electron chi connectivity index (χ1n) is 13.1. The van der Waals surface area contributed by atoms with Crippen molar-refractivity contribution in [2.24, 2.45) is 0 Å². The lowest BCUT2D eigenvalue weighted by Gasteiger charge is -2.10. The molecule has 0 spiro atoms. The molecule has 0 radical (unpaired) electrons. The highest BCUT2D eigenvalue weighted by atomic mass is 16.4. The van der Waals surface area contributed by atoms with E-state index >= 15 is 0 Å². The van der Waals surface area contributed by atoms with E-state index in [1.807, 2.05) is 0 Å². The molecule has 0 rings (SSSR count). The van der Waals surface area contributed by atoms with Gasteiger partial charge in [0.05, 0.1) is 6.10 Å². The maximum atomic E-state index is 10.4. The number of aliphatic carboxylic acids is 1. The Morgan fingerprint density at radius 3 is 1.21 bits per heavy atom. The van der Waals surface area contributed by atoms with Crippen LogP contribution < -0.4 is 0 Å². The van der Waals surface area contributed by atoms with Crippen molar-refractivity contribution in [3.05, 3.63) is 0 Å². The molecule has 0 bridgehead atoms. The minimum absolute atomic E-state index is 0.0742. The van der Waals surface area contributed by atoms with Gasteiger partial charge in [-0.05, 0) is 19.3 Å². The van der Waals surface area contributed by atoms with E-state index in [-0.39, 0.29) is 6.10 Å². The van der Waals surface area contributed by atoms with Gasteiger partial charge in [0.25, 0.3) is 0 Å². The molecule has 0 fully saturated rings. The van der Waals surface area contributed by atoms with Crippen LogP contribution in [0.4, 0.5) is 0 Å². The molecular formula is C26H52O3. The van der Waals surface area contributed by atoms with Crippen LogP contribution >= 0.6 is 0 Å². The van der Waals surface area contributed by atoms with Gasteiger partial charge < -0.3 is 10.2 Å². The molecule has 174 valence electrons. The van der Waals surface area contributed by atoms with Crippen molar-refractivity contribution in [2.45, 2.75) is 161 Å². The molecule has 0 heterocycles. The summed E-state index contributed by atoms with van der Waals surface area (Å²) in [5.41, 5.74) is 0. The summed E-state index contributed by atoms with van der Waals surface area (Å²) < 4.78 is 0. The van der Waals surface area contributed by atoms with Crippen LogP contribution in [0.25, 0.3) is 0 Å². The lowest BCUT2D eigenvalue weighted by molar-refractivity contribution is -0.137. The number of hydrogen-bond acceptors (Lipinski definition) is 2. The number of unbranched alkanes of at least 4 members (excludes halogenated alkanes) is 18. The van der Waals surface area contributed by atoms with Gasteiger partial charge in [0.1, 0.15) is 0 Å². The Labute approximate surface area is 182 Å². The van der Waals surface area contributed by atoms with Crippen molar-refractivity contribution >= 4 is 5.97 Å². The Morgan fingerprint density at radius 2 is 0.862 bits per heavy atom. The molecule has 0 aromatic carbocycles. The van der Waals surface area contributed by atoms with Crippen LogP contribution in [0.5, 0.6) is 0 Å². The van der Waals surface area contributed by atoms with E-state index in [0.717, 1.165) is 25.7 Å². The number of carbonyl (C=O) groups is 1. The predicted molar refractivity (Wildman–Crippen MR) is 126 cm³/mol. The van der Waals surface area contributed by atoms with Gasteiger partial charge in [-0.3, -0.25) is 4.79 Å². The molecule has 0 aliphatic heterocycles. The van der Waals surface area contributed by atoms with Gasteiger partial charge in [-0.25, -0.2) is 0 Å². The highest BCUT2D eigenvalue weighted by Gasteiger charge is 2.04. The third-order valence-electron chi connectivity index (χ3n) is 6.07. The predicted octanol–water partition coefficient (Wildman–Crippen LogP) is 8.42. The number of rotatable bonds is 24. The third-order valence-corrected chi connectivity index (χ3v) is 6.07. The molecule has 0 aliphatic rings. The summed E-state index contributed by atoms with van der Waals surface area (Å²) in [7, 11) is 0. The SMILES string of the molecule is CCCCCCCCCCCCC(O)CCCCCCCCCCCCC(=O)O. The minimum Gasteiger partial charge on any atom is -0.481 e. The smallest absolute Gasteiger partial charge is 0.303 e. The third kappa shape index (κ3) is 25.4. The van der Waals surface area contributed by atoms with Gasteiger partial charge in [-0.15, -0.1) is 0 Å². The molecule has 3 nitrogen and oxygen atoms in total. The molecule has 2 N–H and O–H groups in total. The van der Waals surface area contributed by atoms with Gasteiger partial charge in [0.2, 0.25) is 0 Å². The summed E-state index contributed by atoms with van der Waals surface area (Å²) >= 11 is 0. The molecule has 0 amide bonds. The first kappa shape index (κ1) is 28.4. The lowest BCUT2D eigenvalue weighted by Crippen LogP contribution is -2.05. The quantitative estimate of drug-likeness (QED) is 0.156. The molecule has 3 heteroatoms. The number of carboxylic acids is 1. The van der Waals surface area contributed by atoms with Crippen molar-refractivity contribution in [1.29, 1.82) is 0 Å². The molecule has 0 saturated carbocycles. The summed E-state index contributed by atoms with van der Waals surface area (Å²) in [5, 5.41) is 18.7. The highest BCUT2D eigenvalue weighted by molar-refractivity contribution is 5.66. The van der Waals surface area contributed by atoms with Crippen molar-refractivity contribution in [3.8, 4) is 0 Å². The van der Waals surface area contributed by atoms with Crippen LogP contribution in [0.2, 0.25) is 0 Å². The fourth-order valence-corrected chi connectivity index (χ4v) is 4.08. The van der Waals surface area contributed by atoms with Gasteiger partial charge in [-0.2, -0.15) is 0 Å². The zero-order valence-electron chi connectivity index (χ0n) is 19.6. The number of carboxylic acid groups (broad SMARTS) is 1. The Morgan fingerprint density at radius 1 is 0.552 bits per heavy atom. The molecule has 0 saturated heterocycles. The van der Waals surface area contributed by atoms with Crippen LogP contribution in [0.3, 0.4) is 0 Å². The first-order chi connectivity index (χ1) is 14.2. The Bertz CT molecular complexity index is 330. The molecule has 0 aromatic heterocycles. The van der Waals surface area contributed by atoms with Gasteiger partial charge in [-0.1, -0.05) is 129 Å². The molecular weight excluding hydrogens is 360 g/mol. The van der Waals surface area contributed by atoms with Crippen molar-refractivity contribution < 1.29 is 15.0 Å². The normalized spacial score (nSPS) is 12.3. The fourth-order valence-electron chi connectivity index (χ4n) is 4.08. The van der Waals surface area contributed by atoms with Crippen LogP contribution in [0, 0.1) is 0 Å². The monoisotopic (exact) mass is 412 g/mol. The molecule has 0 aliphatic carbocycles. The average Bonchev–Trinajstić information content (AvgIpc) is 2.70.